The minimum atomic E-state index is 0.347. The van der Waals surface area contributed by atoms with Gasteiger partial charge in [-0.1, -0.05) is 35.9 Å². The highest BCUT2D eigenvalue weighted by Crippen LogP contribution is 2.28. The van der Waals surface area contributed by atoms with Crippen molar-refractivity contribution in [3.63, 3.8) is 0 Å². The summed E-state index contributed by atoms with van der Waals surface area (Å²) in [6, 6.07) is 21.3. The van der Waals surface area contributed by atoms with Crippen molar-refractivity contribution in [3.05, 3.63) is 88.4 Å². The van der Waals surface area contributed by atoms with E-state index < -0.39 is 0 Å². The third-order valence-corrected chi connectivity index (χ3v) is 4.25. The van der Waals surface area contributed by atoms with Crippen LogP contribution in [0.1, 0.15) is 16.7 Å². The van der Waals surface area contributed by atoms with Crippen molar-refractivity contribution >= 4 is 23.5 Å². The molecule has 27 heavy (non-hydrogen) atoms. The second-order valence-corrected chi connectivity index (χ2v) is 6.44. The molecule has 0 aliphatic carbocycles. The van der Waals surface area contributed by atoms with Crippen molar-refractivity contribution in [1.82, 2.24) is 0 Å². The Bertz CT molecular complexity index is 927. The summed E-state index contributed by atoms with van der Waals surface area (Å²) in [5.74, 6) is 1.40. The van der Waals surface area contributed by atoms with Gasteiger partial charge in [-0.2, -0.15) is 5.10 Å². The molecule has 5 heteroatoms. The highest BCUT2D eigenvalue weighted by Gasteiger charge is 2.07. The van der Waals surface area contributed by atoms with Crippen LogP contribution in [0.4, 0.5) is 5.69 Å². The van der Waals surface area contributed by atoms with Crippen LogP contribution < -0.4 is 14.9 Å². The Morgan fingerprint density at radius 1 is 1.00 bits per heavy atom. The lowest BCUT2D eigenvalue weighted by Gasteiger charge is -2.12. The average molecular weight is 381 g/mol. The second kappa shape index (κ2) is 9.10. The first kappa shape index (κ1) is 18.8. The molecule has 0 aliphatic rings. The molecule has 0 aromatic heterocycles. The molecule has 0 fully saturated rings. The fourth-order valence-corrected chi connectivity index (χ4v) is 2.85. The van der Waals surface area contributed by atoms with Gasteiger partial charge in [-0.15, -0.1) is 0 Å². The lowest BCUT2D eigenvalue weighted by atomic mass is 10.1. The van der Waals surface area contributed by atoms with Gasteiger partial charge < -0.3 is 9.47 Å². The van der Waals surface area contributed by atoms with Crippen molar-refractivity contribution in [2.75, 3.05) is 12.5 Å². The molecule has 0 bridgehead atoms. The van der Waals surface area contributed by atoms with Crippen molar-refractivity contribution < 1.29 is 9.47 Å². The largest absolute Gasteiger partial charge is 0.496 e. The Kier molecular flexibility index (Phi) is 6.34. The first-order chi connectivity index (χ1) is 13.2. The third kappa shape index (κ3) is 5.25. The summed E-state index contributed by atoms with van der Waals surface area (Å²) >= 11 is 6.24. The zero-order valence-electron chi connectivity index (χ0n) is 15.3. The normalized spacial score (nSPS) is 10.8. The van der Waals surface area contributed by atoms with Crippen LogP contribution in [-0.4, -0.2) is 13.3 Å². The number of methoxy groups -OCH3 is 1. The molecule has 0 radical (unpaired) electrons. The van der Waals surface area contributed by atoms with E-state index in [0.29, 0.717) is 17.4 Å². The van der Waals surface area contributed by atoms with E-state index in [0.717, 1.165) is 28.1 Å². The number of benzene rings is 3. The third-order valence-electron chi connectivity index (χ3n) is 3.96. The number of anilines is 1. The van der Waals surface area contributed by atoms with Crippen LogP contribution >= 0.6 is 11.6 Å². The van der Waals surface area contributed by atoms with Gasteiger partial charge in [0.2, 0.25) is 0 Å². The molecule has 3 rings (SSSR count). The van der Waals surface area contributed by atoms with E-state index in [4.69, 9.17) is 21.1 Å². The lowest BCUT2D eigenvalue weighted by molar-refractivity contribution is 0.297. The molecule has 0 aliphatic heterocycles. The first-order valence-corrected chi connectivity index (χ1v) is 8.93. The Balaban J connectivity index is 1.71. The van der Waals surface area contributed by atoms with Crippen LogP contribution in [0.5, 0.6) is 11.5 Å². The number of halogens is 1. The summed E-state index contributed by atoms with van der Waals surface area (Å²) in [5.41, 5.74) is 6.88. The number of nitrogens with one attached hydrogen (secondary N) is 1. The first-order valence-electron chi connectivity index (χ1n) is 8.55. The minimum absolute atomic E-state index is 0.347. The van der Waals surface area contributed by atoms with Gasteiger partial charge in [-0.3, -0.25) is 5.43 Å². The Morgan fingerprint density at radius 2 is 1.78 bits per heavy atom. The highest BCUT2D eigenvalue weighted by molar-refractivity contribution is 6.32. The summed E-state index contributed by atoms with van der Waals surface area (Å²) in [6.45, 7) is 2.34. The molecular formula is C22H21ClN2O2. The number of aryl methyl sites for hydroxylation is 1. The predicted octanol–water partition coefficient (Wildman–Crippen LogP) is 5.68. The molecule has 0 amide bonds. The highest BCUT2D eigenvalue weighted by atomic mass is 35.5. The Morgan fingerprint density at radius 3 is 2.52 bits per heavy atom. The van der Waals surface area contributed by atoms with Gasteiger partial charge in [0.05, 0.1) is 24.0 Å². The van der Waals surface area contributed by atoms with E-state index >= 15 is 0 Å². The van der Waals surface area contributed by atoms with E-state index in [1.54, 1.807) is 13.3 Å². The number of rotatable bonds is 7. The van der Waals surface area contributed by atoms with Crippen LogP contribution in [0.3, 0.4) is 0 Å². The number of para-hydroxylation sites is 1. The van der Waals surface area contributed by atoms with Gasteiger partial charge in [0.25, 0.3) is 0 Å². The van der Waals surface area contributed by atoms with Crippen molar-refractivity contribution in [3.8, 4) is 11.5 Å². The second-order valence-electron chi connectivity index (χ2n) is 6.03. The molecule has 1 N–H and O–H groups in total. The summed E-state index contributed by atoms with van der Waals surface area (Å²) in [4.78, 5) is 0. The van der Waals surface area contributed by atoms with Crippen molar-refractivity contribution in [2.24, 2.45) is 5.10 Å². The molecule has 4 nitrogen and oxygen atoms in total. The Hall–Kier alpha value is -2.98. The predicted molar refractivity (Wildman–Crippen MR) is 111 cm³/mol. The summed E-state index contributed by atoms with van der Waals surface area (Å²) in [5, 5.41) is 4.87. The molecule has 138 valence electrons. The number of nitrogens with zero attached hydrogens (tertiary/aromatic N) is 1. The summed E-state index contributed by atoms with van der Waals surface area (Å²) < 4.78 is 11.3. The van der Waals surface area contributed by atoms with Crippen LogP contribution in [-0.2, 0) is 6.61 Å². The van der Waals surface area contributed by atoms with Gasteiger partial charge in [-0.05, 0) is 60.5 Å². The monoisotopic (exact) mass is 380 g/mol. The maximum atomic E-state index is 6.24. The number of hydrazone groups is 1. The van der Waals surface area contributed by atoms with Crippen LogP contribution in [0.25, 0.3) is 0 Å². The molecule has 0 atom stereocenters. The fourth-order valence-electron chi connectivity index (χ4n) is 2.56. The molecule has 0 heterocycles. The number of hydrogen-bond donors (Lipinski definition) is 1. The van der Waals surface area contributed by atoms with Crippen LogP contribution in [0.2, 0.25) is 5.02 Å². The summed E-state index contributed by atoms with van der Waals surface area (Å²) in [6.07, 6.45) is 1.76. The van der Waals surface area contributed by atoms with Gasteiger partial charge in [0.15, 0.2) is 0 Å². The number of ether oxygens (including phenoxy) is 2. The van der Waals surface area contributed by atoms with E-state index in [1.165, 1.54) is 0 Å². The zero-order valence-corrected chi connectivity index (χ0v) is 16.0. The molecule has 0 saturated carbocycles. The van der Waals surface area contributed by atoms with Crippen molar-refractivity contribution in [1.29, 1.82) is 0 Å². The maximum absolute atomic E-state index is 6.24. The standard InChI is InChI=1S/C22H21ClN2O2/c1-16-8-10-22(20(23)12-16)27-15-18-13-17(9-11-21(18)26-2)14-24-25-19-6-4-3-5-7-19/h3-14,25H,15H2,1-2H3. The van der Waals surface area contributed by atoms with Gasteiger partial charge in [0.1, 0.15) is 18.1 Å². The molecule has 0 unspecified atom stereocenters. The number of hydrogen-bond acceptors (Lipinski definition) is 4. The maximum Gasteiger partial charge on any atom is 0.138 e. The quantitative estimate of drug-likeness (QED) is 0.423. The summed E-state index contributed by atoms with van der Waals surface area (Å²) in [7, 11) is 1.64. The zero-order chi connectivity index (χ0) is 19.1. The van der Waals surface area contributed by atoms with Crippen molar-refractivity contribution in [2.45, 2.75) is 13.5 Å². The molecule has 3 aromatic carbocycles. The Labute approximate surface area is 164 Å². The van der Waals surface area contributed by atoms with Crippen LogP contribution in [0.15, 0.2) is 71.8 Å². The van der Waals surface area contributed by atoms with Gasteiger partial charge >= 0.3 is 0 Å². The van der Waals surface area contributed by atoms with E-state index in [-0.39, 0.29) is 0 Å². The molecular weight excluding hydrogens is 360 g/mol. The fraction of sp³-hybridized carbons (Fsp3) is 0.136. The van der Waals surface area contributed by atoms with E-state index in [9.17, 15) is 0 Å². The molecule has 3 aromatic rings. The van der Waals surface area contributed by atoms with Gasteiger partial charge in [0, 0.05) is 5.56 Å². The van der Waals surface area contributed by atoms with E-state index in [1.807, 2.05) is 73.7 Å². The smallest absolute Gasteiger partial charge is 0.138 e. The minimum Gasteiger partial charge on any atom is -0.496 e. The average Bonchev–Trinajstić information content (AvgIpc) is 2.68. The van der Waals surface area contributed by atoms with E-state index in [2.05, 4.69) is 10.5 Å². The SMILES string of the molecule is COc1ccc(C=NNc2ccccc2)cc1COc1ccc(C)cc1Cl. The lowest BCUT2D eigenvalue weighted by Crippen LogP contribution is -2.01. The van der Waals surface area contributed by atoms with Crippen LogP contribution in [0, 0.1) is 6.92 Å². The van der Waals surface area contributed by atoms with Gasteiger partial charge in [-0.25, -0.2) is 0 Å². The molecule has 0 spiro atoms. The molecule has 0 saturated heterocycles. The topological polar surface area (TPSA) is 42.8 Å².